The highest BCUT2D eigenvalue weighted by Gasteiger charge is 2.25. The maximum Gasteiger partial charge on any atom is 0.0337 e. The summed E-state index contributed by atoms with van der Waals surface area (Å²) in [7, 11) is 0. The molecule has 0 saturated heterocycles. The zero-order chi connectivity index (χ0) is 14.1. The average Bonchev–Trinajstić information content (AvgIpc) is 2.84. The SMILES string of the molecule is C/C=C1/c2cc(-c3ccc(C)cc3)ccc2CC1SC. The number of hydrogen-bond acceptors (Lipinski definition) is 1. The Balaban J connectivity index is 2.04. The normalized spacial score (nSPS) is 19.4. The van der Waals surface area contributed by atoms with Crippen LogP contribution in [0.3, 0.4) is 0 Å². The number of fused-ring (bicyclic) bond motifs is 1. The molecule has 1 heteroatoms. The zero-order valence-electron chi connectivity index (χ0n) is 12.3. The Hall–Kier alpha value is -1.47. The van der Waals surface area contributed by atoms with Gasteiger partial charge in [0.25, 0.3) is 0 Å². The third-order valence-corrected chi connectivity index (χ3v) is 5.14. The fourth-order valence-electron chi connectivity index (χ4n) is 2.98. The first-order chi connectivity index (χ1) is 9.72. The molecule has 1 aliphatic rings. The van der Waals surface area contributed by atoms with Crippen molar-refractivity contribution in [2.45, 2.75) is 25.5 Å². The quantitative estimate of drug-likeness (QED) is 0.714. The highest BCUT2D eigenvalue weighted by Crippen LogP contribution is 2.40. The lowest BCUT2D eigenvalue weighted by atomic mass is 9.98. The summed E-state index contributed by atoms with van der Waals surface area (Å²) in [6.45, 7) is 4.29. The maximum atomic E-state index is 2.37. The van der Waals surface area contributed by atoms with Crippen LogP contribution in [0.15, 0.2) is 48.5 Å². The Morgan fingerprint density at radius 1 is 1.05 bits per heavy atom. The summed E-state index contributed by atoms with van der Waals surface area (Å²) < 4.78 is 0. The minimum atomic E-state index is 0.628. The predicted molar refractivity (Wildman–Crippen MR) is 91.3 cm³/mol. The molecule has 102 valence electrons. The van der Waals surface area contributed by atoms with Crippen LogP contribution >= 0.6 is 11.8 Å². The third-order valence-electron chi connectivity index (χ3n) is 4.15. The summed E-state index contributed by atoms with van der Waals surface area (Å²) in [5, 5.41) is 0.628. The first-order valence-electron chi connectivity index (χ1n) is 7.12. The molecule has 0 spiro atoms. The molecular formula is C19H20S. The summed E-state index contributed by atoms with van der Waals surface area (Å²) in [4.78, 5) is 0. The fraction of sp³-hybridized carbons (Fsp3) is 0.263. The van der Waals surface area contributed by atoms with Gasteiger partial charge >= 0.3 is 0 Å². The topological polar surface area (TPSA) is 0 Å². The van der Waals surface area contributed by atoms with Crippen molar-refractivity contribution in [3.8, 4) is 11.1 Å². The van der Waals surface area contributed by atoms with E-state index < -0.39 is 0 Å². The van der Waals surface area contributed by atoms with E-state index in [4.69, 9.17) is 0 Å². The predicted octanol–water partition coefficient (Wildman–Crippen LogP) is 5.35. The Labute approximate surface area is 125 Å². The second kappa shape index (κ2) is 5.49. The van der Waals surface area contributed by atoms with Crippen molar-refractivity contribution in [3.05, 3.63) is 65.2 Å². The summed E-state index contributed by atoms with van der Waals surface area (Å²) >= 11 is 1.96. The van der Waals surface area contributed by atoms with E-state index in [-0.39, 0.29) is 0 Å². The monoisotopic (exact) mass is 280 g/mol. The molecule has 0 aliphatic heterocycles. The van der Waals surface area contributed by atoms with Gasteiger partial charge in [0.1, 0.15) is 0 Å². The first kappa shape index (κ1) is 13.5. The lowest BCUT2D eigenvalue weighted by Gasteiger charge is -2.09. The number of hydrogen-bond donors (Lipinski definition) is 0. The highest BCUT2D eigenvalue weighted by atomic mass is 32.2. The van der Waals surface area contributed by atoms with Crippen molar-refractivity contribution in [1.29, 1.82) is 0 Å². The van der Waals surface area contributed by atoms with E-state index in [2.05, 4.69) is 68.6 Å². The molecule has 2 aromatic rings. The van der Waals surface area contributed by atoms with Crippen molar-refractivity contribution in [2.24, 2.45) is 0 Å². The van der Waals surface area contributed by atoms with Crippen molar-refractivity contribution in [2.75, 3.05) is 6.26 Å². The summed E-state index contributed by atoms with van der Waals surface area (Å²) in [6, 6.07) is 15.7. The van der Waals surface area contributed by atoms with Crippen LogP contribution in [0, 0.1) is 6.92 Å². The average molecular weight is 280 g/mol. The van der Waals surface area contributed by atoms with Crippen LogP contribution in [0.4, 0.5) is 0 Å². The molecule has 0 heterocycles. The van der Waals surface area contributed by atoms with Gasteiger partial charge in [-0.1, -0.05) is 48.0 Å². The molecule has 3 rings (SSSR count). The fourth-order valence-corrected chi connectivity index (χ4v) is 3.85. The third kappa shape index (κ3) is 2.31. The molecule has 0 fully saturated rings. The van der Waals surface area contributed by atoms with Gasteiger partial charge in [-0.15, -0.1) is 0 Å². The van der Waals surface area contributed by atoms with Gasteiger partial charge in [-0.2, -0.15) is 11.8 Å². The number of thioether (sulfide) groups is 1. The van der Waals surface area contributed by atoms with Gasteiger partial charge in [-0.3, -0.25) is 0 Å². The molecule has 0 N–H and O–H groups in total. The largest absolute Gasteiger partial charge is 0.157 e. The van der Waals surface area contributed by atoms with E-state index >= 15 is 0 Å². The van der Waals surface area contributed by atoms with Crippen molar-refractivity contribution in [1.82, 2.24) is 0 Å². The number of rotatable bonds is 2. The standard InChI is InChI=1S/C19H20S/c1-4-17-18-11-15(14-7-5-13(2)6-8-14)9-10-16(18)12-19(17)20-3/h4-11,19H,12H2,1-3H3/b17-4-. The second-order valence-electron chi connectivity index (χ2n) is 5.41. The van der Waals surface area contributed by atoms with Crippen LogP contribution in [0.5, 0.6) is 0 Å². The van der Waals surface area contributed by atoms with E-state index in [1.807, 2.05) is 11.8 Å². The smallest absolute Gasteiger partial charge is 0.0337 e. The molecule has 1 aliphatic carbocycles. The lowest BCUT2D eigenvalue weighted by molar-refractivity contribution is 1.10. The highest BCUT2D eigenvalue weighted by molar-refractivity contribution is 7.99. The first-order valence-corrected chi connectivity index (χ1v) is 8.41. The number of allylic oxidation sites excluding steroid dienone is 1. The molecule has 20 heavy (non-hydrogen) atoms. The van der Waals surface area contributed by atoms with E-state index in [1.54, 1.807) is 0 Å². The van der Waals surface area contributed by atoms with Crippen molar-refractivity contribution < 1.29 is 0 Å². The minimum Gasteiger partial charge on any atom is -0.157 e. The summed E-state index contributed by atoms with van der Waals surface area (Å²) in [5.41, 5.74) is 8.39. The second-order valence-corrected chi connectivity index (χ2v) is 6.45. The maximum absolute atomic E-state index is 2.37. The zero-order valence-corrected chi connectivity index (χ0v) is 13.1. The van der Waals surface area contributed by atoms with Crippen molar-refractivity contribution in [3.63, 3.8) is 0 Å². The van der Waals surface area contributed by atoms with Crippen LogP contribution in [0.2, 0.25) is 0 Å². The van der Waals surface area contributed by atoms with Gasteiger partial charge in [0.05, 0.1) is 0 Å². The van der Waals surface area contributed by atoms with Crippen LogP contribution in [0.1, 0.15) is 23.6 Å². The van der Waals surface area contributed by atoms with Crippen LogP contribution in [-0.2, 0) is 6.42 Å². The summed E-state index contributed by atoms with van der Waals surface area (Å²) in [6.07, 6.45) is 5.66. The molecular weight excluding hydrogens is 260 g/mol. The van der Waals surface area contributed by atoms with Gasteiger partial charge in [-0.05, 0) is 60.4 Å². The van der Waals surface area contributed by atoms with E-state index in [9.17, 15) is 0 Å². The van der Waals surface area contributed by atoms with Gasteiger partial charge in [0, 0.05) is 5.25 Å². The van der Waals surface area contributed by atoms with Gasteiger partial charge < -0.3 is 0 Å². The van der Waals surface area contributed by atoms with E-state index in [0.29, 0.717) is 5.25 Å². The van der Waals surface area contributed by atoms with Gasteiger partial charge in [0.15, 0.2) is 0 Å². The molecule has 0 amide bonds. The van der Waals surface area contributed by atoms with Gasteiger partial charge in [-0.25, -0.2) is 0 Å². The van der Waals surface area contributed by atoms with Crippen LogP contribution in [0.25, 0.3) is 16.7 Å². The van der Waals surface area contributed by atoms with E-state index in [1.165, 1.54) is 39.8 Å². The Morgan fingerprint density at radius 2 is 1.75 bits per heavy atom. The van der Waals surface area contributed by atoms with Crippen LogP contribution in [-0.4, -0.2) is 11.5 Å². The molecule has 0 nitrogen and oxygen atoms in total. The van der Waals surface area contributed by atoms with Crippen LogP contribution < -0.4 is 0 Å². The minimum absolute atomic E-state index is 0.628. The number of benzene rings is 2. The Bertz CT molecular complexity index is 650. The molecule has 0 saturated carbocycles. The molecule has 0 radical (unpaired) electrons. The summed E-state index contributed by atoms with van der Waals surface area (Å²) in [5.74, 6) is 0. The Kier molecular flexibility index (Phi) is 3.71. The Morgan fingerprint density at radius 3 is 2.40 bits per heavy atom. The van der Waals surface area contributed by atoms with Crippen molar-refractivity contribution >= 4 is 17.3 Å². The lowest BCUT2D eigenvalue weighted by Crippen LogP contribution is -1.98. The molecule has 0 aromatic heterocycles. The number of aryl methyl sites for hydroxylation is 1. The van der Waals surface area contributed by atoms with E-state index in [0.717, 1.165) is 0 Å². The molecule has 2 aromatic carbocycles. The van der Waals surface area contributed by atoms with Gasteiger partial charge in [0.2, 0.25) is 0 Å². The molecule has 0 bridgehead atoms. The molecule has 1 unspecified atom stereocenters. The molecule has 1 atom stereocenters.